The molecule has 5 nitrogen and oxygen atoms in total. The molecule has 0 radical (unpaired) electrons. The highest BCUT2D eigenvalue weighted by molar-refractivity contribution is 6.30. The maximum atomic E-state index is 12.6. The first-order valence-electron chi connectivity index (χ1n) is 7.06. The SMILES string of the molecule is COCC(C)Cn1c(=O)[nH]c(Cl)c(C2CCCC2)c1=O. The van der Waals surface area contributed by atoms with Crippen molar-refractivity contribution in [1.29, 1.82) is 0 Å². The van der Waals surface area contributed by atoms with Gasteiger partial charge < -0.3 is 4.74 Å². The van der Waals surface area contributed by atoms with Crippen LogP contribution in [-0.2, 0) is 11.3 Å². The molecular weight excluding hydrogens is 280 g/mol. The smallest absolute Gasteiger partial charge is 0.329 e. The fourth-order valence-corrected chi connectivity index (χ4v) is 3.26. The lowest BCUT2D eigenvalue weighted by Gasteiger charge is -2.16. The molecule has 1 saturated carbocycles. The van der Waals surface area contributed by atoms with Gasteiger partial charge in [-0.25, -0.2) is 4.79 Å². The van der Waals surface area contributed by atoms with Crippen LogP contribution in [0.25, 0.3) is 0 Å². The Hall–Kier alpha value is -1.07. The quantitative estimate of drug-likeness (QED) is 0.847. The lowest BCUT2D eigenvalue weighted by Crippen LogP contribution is -2.40. The minimum atomic E-state index is -0.440. The molecule has 1 aliphatic rings. The van der Waals surface area contributed by atoms with Crippen molar-refractivity contribution in [2.24, 2.45) is 5.92 Å². The molecular formula is C14H21ClN2O3. The van der Waals surface area contributed by atoms with E-state index in [0.717, 1.165) is 25.7 Å². The highest BCUT2D eigenvalue weighted by atomic mass is 35.5. The lowest BCUT2D eigenvalue weighted by molar-refractivity contribution is 0.150. The molecule has 1 N–H and O–H groups in total. The molecule has 1 aromatic heterocycles. The molecule has 0 amide bonds. The molecule has 1 heterocycles. The Morgan fingerprint density at radius 2 is 2.05 bits per heavy atom. The van der Waals surface area contributed by atoms with Gasteiger partial charge in [-0.1, -0.05) is 31.4 Å². The van der Waals surface area contributed by atoms with Gasteiger partial charge in [0.1, 0.15) is 5.15 Å². The number of nitrogens with one attached hydrogen (secondary N) is 1. The number of aromatic nitrogens is 2. The predicted octanol–water partition coefficient (Wildman–Crippen LogP) is 2.13. The Balaban J connectivity index is 2.39. The van der Waals surface area contributed by atoms with Crippen LogP contribution >= 0.6 is 11.6 Å². The summed E-state index contributed by atoms with van der Waals surface area (Å²) in [5.74, 6) is 0.271. The number of rotatable bonds is 5. The van der Waals surface area contributed by atoms with E-state index < -0.39 is 5.69 Å². The number of halogens is 1. The van der Waals surface area contributed by atoms with Crippen molar-refractivity contribution in [3.8, 4) is 0 Å². The normalized spacial score (nSPS) is 17.6. The van der Waals surface area contributed by atoms with Gasteiger partial charge in [0.05, 0.1) is 12.2 Å². The van der Waals surface area contributed by atoms with Crippen LogP contribution < -0.4 is 11.2 Å². The van der Waals surface area contributed by atoms with Gasteiger partial charge in [0, 0.05) is 13.7 Å². The van der Waals surface area contributed by atoms with Crippen molar-refractivity contribution >= 4 is 11.6 Å². The fraction of sp³-hybridized carbons (Fsp3) is 0.714. The number of hydrogen-bond acceptors (Lipinski definition) is 3. The van der Waals surface area contributed by atoms with Crippen LogP contribution in [0.5, 0.6) is 0 Å². The standard InChI is InChI=1S/C14H21ClN2O3/c1-9(8-20-2)7-17-13(18)11(10-5-3-4-6-10)12(15)16-14(17)19/h9-10H,3-8H2,1-2H3,(H,16,19). The number of ether oxygens (including phenoxy) is 1. The van der Waals surface area contributed by atoms with Crippen LogP contribution in [0.15, 0.2) is 9.59 Å². The van der Waals surface area contributed by atoms with Gasteiger partial charge in [-0.3, -0.25) is 14.3 Å². The summed E-state index contributed by atoms with van der Waals surface area (Å²) in [5, 5.41) is 0.211. The van der Waals surface area contributed by atoms with Crippen LogP contribution in [0.3, 0.4) is 0 Å². The molecule has 1 unspecified atom stereocenters. The maximum Gasteiger partial charge on any atom is 0.329 e. The van der Waals surface area contributed by atoms with Gasteiger partial charge in [-0.15, -0.1) is 0 Å². The van der Waals surface area contributed by atoms with E-state index in [9.17, 15) is 9.59 Å². The highest BCUT2D eigenvalue weighted by Gasteiger charge is 2.25. The summed E-state index contributed by atoms with van der Waals surface area (Å²) in [4.78, 5) is 27.1. The van der Waals surface area contributed by atoms with Gasteiger partial charge in [-0.2, -0.15) is 0 Å². The molecule has 0 aliphatic heterocycles. The predicted molar refractivity (Wildman–Crippen MR) is 78.6 cm³/mol. The minimum Gasteiger partial charge on any atom is -0.384 e. The van der Waals surface area contributed by atoms with Crippen LogP contribution in [0, 0.1) is 5.92 Å². The van der Waals surface area contributed by atoms with Gasteiger partial charge in [-0.05, 0) is 24.7 Å². The first-order valence-corrected chi connectivity index (χ1v) is 7.43. The molecule has 112 valence electrons. The van der Waals surface area contributed by atoms with Crippen molar-refractivity contribution in [1.82, 2.24) is 9.55 Å². The average molecular weight is 301 g/mol. The largest absolute Gasteiger partial charge is 0.384 e. The molecule has 0 aromatic carbocycles. The summed E-state index contributed by atoms with van der Waals surface area (Å²) in [6.45, 7) is 2.80. The average Bonchev–Trinajstić information content (AvgIpc) is 2.88. The van der Waals surface area contributed by atoms with Gasteiger partial charge in [0.25, 0.3) is 5.56 Å². The summed E-state index contributed by atoms with van der Waals surface area (Å²) >= 11 is 6.09. The van der Waals surface area contributed by atoms with E-state index in [1.165, 1.54) is 4.57 Å². The van der Waals surface area contributed by atoms with E-state index >= 15 is 0 Å². The number of nitrogens with zero attached hydrogens (tertiary/aromatic N) is 1. The van der Waals surface area contributed by atoms with E-state index in [2.05, 4.69) is 4.98 Å². The third kappa shape index (κ3) is 3.15. The first kappa shape index (κ1) is 15.3. The van der Waals surface area contributed by atoms with E-state index in [1.807, 2.05) is 6.92 Å². The molecule has 1 fully saturated rings. The molecule has 1 aromatic rings. The molecule has 0 bridgehead atoms. The molecule has 6 heteroatoms. The molecule has 20 heavy (non-hydrogen) atoms. The monoisotopic (exact) mass is 300 g/mol. The summed E-state index contributed by atoms with van der Waals surface area (Å²) in [6, 6.07) is 0. The summed E-state index contributed by atoms with van der Waals surface area (Å²) in [5.41, 5.74) is -0.105. The van der Waals surface area contributed by atoms with E-state index in [-0.39, 0.29) is 22.5 Å². The van der Waals surface area contributed by atoms with Crippen molar-refractivity contribution < 1.29 is 4.74 Å². The Bertz CT molecular complexity index is 573. The Morgan fingerprint density at radius 3 is 2.65 bits per heavy atom. The van der Waals surface area contributed by atoms with Crippen LogP contribution in [0.4, 0.5) is 0 Å². The summed E-state index contributed by atoms with van der Waals surface area (Å²) in [6.07, 6.45) is 4.16. The fourth-order valence-electron chi connectivity index (χ4n) is 2.94. The van der Waals surface area contributed by atoms with Crippen LogP contribution in [0.1, 0.15) is 44.1 Å². The summed E-state index contributed by atoms with van der Waals surface area (Å²) < 4.78 is 6.31. The van der Waals surface area contributed by atoms with Gasteiger partial charge in [0.2, 0.25) is 0 Å². The lowest BCUT2D eigenvalue weighted by atomic mass is 10.0. The zero-order valence-electron chi connectivity index (χ0n) is 11.9. The topological polar surface area (TPSA) is 64.1 Å². The van der Waals surface area contributed by atoms with Crippen molar-refractivity contribution in [2.75, 3.05) is 13.7 Å². The molecule has 0 spiro atoms. The number of hydrogen-bond donors (Lipinski definition) is 1. The third-order valence-corrected chi connectivity index (χ3v) is 4.18. The van der Waals surface area contributed by atoms with Crippen molar-refractivity contribution in [3.63, 3.8) is 0 Å². The number of H-pyrrole nitrogens is 1. The minimum absolute atomic E-state index is 0.0939. The maximum absolute atomic E-state index is 12.6. The van der Waals surface area contributed by atoms with E-state index in [4.69, 9.17) is 16.3 Å². The van der Waals surface area contributed by atoms with Crippen LogP contribution in [0.2, 0.25) is 5.15 Å². The first-order chi connectivity index (χ1) is 9.54. The Morgan fingerprint density at radius 1 is 1.40 bits per heavy atom. The van der Waals surface area contributed by atoms with E-state index in [1.54, 1.807) is 7.11 Å². The second kappa shape index (κ2) is 6.59. The highest BCUT2D eigenvalue weighted by Crippen LogP contribution is 2.34. The molecule has 0 saturated heterocycles. The van der Waals surface area contributed by atoms with Crippen LogP contribution in [-0.4, -0.2) is 23.3 Å². The zero-order chi connectivity index (χ0) is 14.7. The second-order valence-corrected chi connectivity index (χ2v) is 5.99. The third-order valence-electron chi connectivity index (χ3n) is 3.88. The van der Waals surface area contributed by atoms with E-state index in [0.29, 0.717) is 18.7 Å². The van der Waals surface area contributed by atoms with Gasteiger partial charge >= 0.3 is 5.69 Å². The summed E-state index contributed by atoms with van der Waals surface area (Å²) in [7, 11) is 1.61. The molecule has 1 aliphatic carbocycles. The second-order valence-electron chi connectivity index (χ2n) is 5.62. The molecule has 1 atom stereocenters. The van der Waals surface area contributed by atoms with Gasteiger partial charge in [0.15, 0.2) is 0 Å². The Kier molecular flexibility index (Phi) is 5.05. The Labute approximate surface area is 122 Å². The number of methoxy groups -OCH3 is 1. The molecule has 2 rings (SSSR count). The van der Waals surface area contributed by atoms with Crippen molar-refractivity contribution in [2.45, 2.75) is 45.1 Å². The zero-order valence-corrected chi connectivity index (χ0v) is 12.7. The van der Waals surface area contributed by atoms with Crippen molar-refractivity contribution in [3.05, 3.63) is 31.6 Å². The number of aromatic amines is 1.